The third-order valence-corrected chi connectivity index (χ3v) is 6.72. The first-order valence-corrected chi connectivity index (χ1v) is 11.9. The lowest BCUT2D eigenvalue weighted by Gasteiger charge is -2.26. The van der Waals surface area contributed by atoms with Crippen LogP contribution in [0, 0.1) is 16.0 Å². The van der Waals surface area contributed by atoms with Crippen LogP contribution in [0.3, 0.4) is 0 Å². The van der Waals surface area contributed by atoms with Crippen LogP contribution in [0.4, 0.5) is 16.2 Å². The maximum atomic E-state index is 13.1. The molecule has 1 heterocycles. The molecule has 3 rings (SSSR count). The van der Waals surface area contributed by atoms with Crippen LogP contribution in [-0.2, 0) is 14.8 Å². The third kappa shape index (κ3) is 6.31. The van der Waals surface area contributed by atoms with Crippen LogP contribution in [0.5, 0.6) is 0 Å². The number of fused-ring (bicyclic) bond motifs is 1. The van der Waals surface area contributed by atoms with Gasteiger partial charge in [-0.3, -0.25) is 15.4 Å². The fourth-order valence-corrected chi connectivity index (χ4v) is 4.95. The number of H-pyrrole nitrogens is 1. The number of carbonyl (C=O) groups is 1. The van der Waals surface area contributed by atoms with Crippen molar-refractivity contribution in [3.8, 4) is 0 Å². The summed E-state index contributed by atoms with van der Waals surface area (Å²) in [6.45, 7) is 2.98. The molecule has 0 bridgehead atoms. The molecule has 1 aromatic heterocycles. The summed E-state index contributed by atoms with van der Waals surface area (Å²) in [6.07, 6.45) is -0.302. The molecule has 0 saturated carbocycles. The zero-order valence-electron chi connectivity index (χ0n) is 18.7. The van der Waals surface area contributed by atoms with E-state index in [0.29, 0.717) is 5.69 Å². The highest BCUT2D eigenvalue weighted by Crippen LogP contribution is 2.21. The van der Waals surface area contributed by atoms with Gasteiger partial charge in [0.15, 0.2) is 0 Å². The van der Waals surface area contributed by atoms with Crippen LogP contribution in [0.15, 0.2) is 59.6 Å². The molecule has 0 aliphatic rings. The molecule has 3 N–H and O–H groups in total. The zero-order chi connectivity index (χ0) is 24.9. The first-order valence-electron chi connectivity index (χ1n) is 10.5. The highest BCUT2D eigenvalue weighted by molar-refractivity contribution is 7.89. The van der Waals surface area contributed by atoms with Crippen molar-refractivity contribution in [3.63, 3.8) is 0 Å². The summed E-state index contributed by atoms with van der Waals surface area (Å²) in [7, 11) is -4.04. The van der Waals surface area contributed by atoms with Crippen LogP contribution in [0.25, 0.3) is 10.9 Å². The van der Waals surface area contributed by atoms with Crippen LogP contribution in [-0.4, -0.2) is 59.6 Å². The van der Waals surface area contributed by atoms with Gasteiger partial charge in [-0.1, -0.05) is 13.8 Å². The van der Waals surface area contributed by atoms with E-state index in [1.807, 2.05) is 19.9 Å². The van der Waals surface area contributed by atoms with Gasteiger partial charge in [0.1, 0.15) is 12.7 Å². The number of nitro benzene ring substituents is 1. The molecule has 0 aliphatic carbocycles. The first-order chi connectivity index (χ1) is 16.1. The van der Waals surface area contributed by atoms with E-state index in [1.165, 1.54) is 0 Å². The molecular weight excluding hydrogens is 464 g/mol. The number of nitrogens with one attached hydrogen (secondary N) is 2. The molecule has 12 heteroatoms. The summed E-state index contributed by atoms with van der Waals surface area (Å²) in [6, 6.07) is 11.6. The van der Waals surface area contributed by atoms with Gasteiger partial charge < -0.3 is 14.8 Å². The van der Waals surface area contributed by atoms with Crippen molar-refractivity contribution in [2.24, 2.45) is 5.92 Å². The fourth-order valence-electron chi connectivity index (χ4n) is 3.31. The minimum Gasteiger partial charge on any atom is -0.447 e. The number of anilines is 1. The monoisotopic (exact) mass is 490 g/mol. The Bertz CT molecular complexity index is 1260. The van der Waals surface area contributed by atoms with Gasteiger partial charge in [0.2, 0.25) is 10.0 Å². The predicted octanol–water partition coefficient (Wildman–Crippen LogP) is 3.33. The molecule has 0 spiro atoms. The zero-order valence-corrected chi connectivity index (χ0v) is 19.5. The number of ether oxygens (including phenoxy) is 1. The van der Waals surface area contributed by atoms with Crippen LogP contribution >= 0.6 is 0 Å². The number of hydrogen-bond acceptors (Lipinski definition) is 7. The average molecular weight is 491 g/mol. The lowest BCUT2D eigenvalue weighted by molar-refractivity contribution is -0.384. The summed E-state index contributed by atoms with van der Waals surface area (Å²) in [5, 5.41) is 24.7. The lowest BCUT2D eigenvalue weighted by atomic mass is 10.2. The Hall–Kier alpha value is -3.48. The second-order valence-corrected chi connectivity index (χ2v) is 10.1. The van der Waals surface area contributed by atoms with Crippen molar-refractivity contribution in [1.82, 2.24) is 9.29 Å². The smallest absolute Gasteiger partial charge is 0.411 e. The van der Waals surface area contributed by atoms with E-state index in [-0.39, 0.29) is 29.6 Å². The van der Waals surface area contributed by atoms with Crippen molar-refractivity contribution in [2.45, 2.75) is 24.8 Å². The van der Waals surface area contributed by atoms with Crippen LogP contribution < -0.4 is 5.32 Å². The number of aromatic amines is 1. The number of aromatic nitrogens is 1. The number of aliphatic hydroxyl groups excluding tert-OH is 1. The van der Waals surface area contributed by atoms with Crippen molar-refractivity contribution >= 4 is 38.4 Å². The number of aliphatic hydroxyl groups is 1. The van der Waals surface area contributed by atoms with Gasteiger partial charge in [0, 0.05) is 48.0 Å². The molecule has 0 saturated heterocycles. The number of sulfonamides is 1. The van der Waals surface area contributed by atoms with Gasteiger partial charge in [-0.05, 0) is 42.3 Å². The predicted molar refractivity (Wildman–Crippen MR) is 126 cm³/mol. The van der Waals surface area contributed by atoms with E-state index in [4.69, 9.17) is 4.74 Å². The van der Waals surface area contributed by atoms with E-state index in [0.717, 1.165) is 39.5 Å². The molecule has 3 aromatic rings. The average Bonchev–Trinajstić information content (AvgIpc) is 3.25. The largest absolute Gasteiger partial charge is 0.447 e. The maximum absolute atomic E-state index is 13.1. The Labute approximate surface area is 196 Å². The first kappa shape index (κ1) is 25.1. The number of amides is 1. The normalized spacial score (nSPS) is 12.7. The maximum Gasteiger partial charge on any atom is 0.411 e. The van der Waals surface area contributed by atoms with Gasteiger partial charge in [-0.25, -0.2) is 13.2 Å². The molecular formula is C22H26N4O7S. The summed E-state index contributed by atoms with van der Waals surface area (Å²) < 4.78 is 32.3. The quantitative estimate of drug-likeness (QED) is 0.291. The Balaban J connectivity index is 1.62. The standard InChI is InChI=1S/C22H26N4O7S/c1-15(2)12-25(34(31,32)20-6-4-18(5-7-20)26(29)30)13-19(27)14-33-22(28)24-17-3-8-21-16(11-17)9-10-23-21/h3-11,15,19,23,27H,12-14H2,1-2H3,(H,24,28)/t19-/m1/s1. The Morgan fingerprint density at radius 3 is 2.53 bits per heavy atom. The Morgan fingerprint density at radius 2 is 1.88 bits per heavy atom. The van der Waals surface area contributed by atoms with Gasteiger partial charge in [0.25, 0.3) is 5.69 Å². The Morgan fingerprint density at radius 1 is 1.18 bits per heavy atom. The van der Waals surface area contributed by atoms with Crippen LogP contribution in [0.2, 0.25) is 0 Å². The van der Waals surface area contributed by atoms with Crippen LogP contribution in [0.1, 0.15) is 13.8 Å². The number of nitrogens with zero attached hydrogens (tertiary/aromatic N) is 2. The molecule has 182 valence electrons. The van der Waals surface area contributed by atoms with E-state index in [1.54, 1.807) is 24.4 Å². The number of carbonyl (C=O) groups excluding carboxylic acids is 1. The van der Waals surface area contributed by atoms with Crippen molar-refractivity contribution < 1.29 is 28.0 Å². The molecule has 34 heavy (non-hydrogen) atoms. The second-order valence-electron chi connectivity index (χ2n) is 8.12. The van der Waals surface area contributed by atoms with E-state index in [9.17, 15) is 28.4 Å². The molecule has 0 aliphatic heterocycles. The van der Waals surface area contributed by atoms with E-state index < -0.39 is 33.8 Å². The number of rotatable bonds is 10. The summed E-state index contributed by atoms with van der Waals surface area (Å²) in [5.74, 6) is -0.0624. The number of hydrogen-bond donors (Lipinski definition) is 3. The lowest BCUT2D eigenvalue weighted by Crippen LogP contribution is -2.41. The SMILES string of the molecule is CC(C)CN(C[C@@H](O)COC(=O)Nc1ccc2[nH]ccc2c1)S(=O)(=O)c1ccc([N+](=O)[O-])cc1. The molecule has 0 radical (unpaired) electrons. The van der Waals surface area contributed by atoms with E-state index in [2.05, 4.69) is 10.3 Å². The molecule has 1 atom stereocenters. The van der Waals surface area contributed by atoms with Gasteiger partial charge in [-0.15, -0.1) is 0 Å². The van der Waals surface area contributed by atoms with Gasteiger partial charge in [-0.2, -0.15) is 4.31 Å². The third-order valence-electron chi connectivity index (χ3n) is 4.87. The summed E-state index contributed by atoms with van der Waals surface area (Å²) >= 11 is 0. The highest BCUT2D eigenvalue weighted by Gasteiger charge is 2.28. The number of non-ortho nitro benzene ring substituents is 1. The molecule has 0 fully saturated rings. The Kier molecular flexibility index (Phi) is 7.87. The minimum absolute atomic E-state index is 0.0624. The van der Waals surface area contributed by atoms with Gasteiger partial charge >= 0.3 is 6.09 Å². The summed E-state index contributed by atoms with van der Waals surface area (Å²) in [4.78, 5) is 25.2. The van der Waals surface area contributed by atoms with Gasteiger partial charge in [0.05, 0.1) is 9.82 Å². The van der Waals surface area contributed by atoms with Crippen molar-refractivity contribution in [3.05, 3.63) is 64.8 Å². The van der Waals surface area contributed by atoms with Crippen molar-refractivity contribution in [1.29, 1.82) is 0 Å². The second kappa shape index (κ2) is 10.6. The highest BCUT2D eigenvalue weighted by atomic mass is 32.2. The van der Waals surface area contributed by atoms with Crippen molar-refractivity contribution in [2.75, 3.05) is 25.0 Å². The molecule has 11 nitrogen and oxygen atoms in total. The summed E-state index contributed by atoms with van der Waals surface area (Å²) in [5.41, 5.74) is 1.19. The fraction of sp³-hybridized carbons (Fsp3) is 0.318. The minimum atomic E-state index is -4.04. The molecule has 1 amide bonds. The van der Waals surface area contributed by atoms with E-state index >= 15 is 0 Å². The number of nitro groups is 1. The number of benzene rings is 2. The molecule has 0 unspecified atom stereocenters. The topological polar surface area (TPSA) is 155 Å². The molecule has 2 aromatic carbocycles.